The van der Waals surface area contributed by atoms with E-state index in [4.69, 9.17) is 0 Å². The third-order valence-electron chi connectivity index (χ3n) is 3.64. The van der Waals surface area contributed by atoms with E-state index in [0.29, 0.717) is 6.04 Å². The highest BCUT2D eigenvalue weighted by Crippen LogP contribution is 2.15. The second-order valence-corrected chi connectivity index (χ2v) is 5.57. The molecule has 0 spiro atoms. The Morgan fingerprint density at radius 3 is 2.10 bits per heavy atom. The zero-order valence-corrected chi connectivity index (χ0v) is 12.9. The molecule has 0 bridgehead atoms. The van der Waals surface area contributed by atoms with Crippen molar-refractivity contribution in [2.75, 3.05) is 19.0 Å². The van der Waals surface area contributed by atoms with Crippen molar-refractivity contribution in [2.24, 2.45) is 0 Å². The van der Waals surface area contributed by atoms with Crippen LogP contribution in [-0.2, 0) is 6.54 Å². The predicted octanol–water partition coefficient (Wildman–Crippen LogP) is 3.91. The average Bonchev–Trinajstić information content (AvgIpc) is 2.46. The SMILES string of the molecule is Cc1ccc([C@@H](C)NCc2ccc(N(C)C)cc2)cc1. The third kappa shape index (κ3) is 3.84. The van der Waals surface area contributed by atoms with Crippen LogP contribution < -0.4 is 10.2 Å². The molecule has 0 aliphatic rings. The van der Waals surface area contributed by atoms with Gasteiger partial charge in [0.05, 0.1) is 0 Å². The number of rotatable bonds is 5. The standard InChI is InChI=1S/C18H24N2/c1-14-5-9-17(10-6-14)15(2)19-13-16-7-11-18(12-8-16)20(3)4/h5-12,15,19H,13H2,1-4H3/t15-/m1/s1. The van der Waals surface area contributed by atoms with E-state index in [2.05, 4.69) is 86.7 Å². The molecule has 2 rings (SSSR count). The van der Waals surface area contributed by atoms with E-state index in [1.165, 1.54) is 22.4 Å². The minimum absolute atomic E-state index is 0.365. The minimum Gasteiger partial charge on any atom is -0.378 e. The van der Waals surface area contributed by atoms with E-state index in [1.54, 1.807) is 0 Å². The van der Waals surface area contributed by atoms with E-state index in [-0.39, 0.29) is 0 Å². The van der Waals surface area contributed by atoms with Gasteiger partial charge < -0.3 is 10.2 Å². The second-order valence-electron chi connectivity index (χ2n) is 5.57. The van der Waals surface area contributed by atoms with E-state index in [0.717, 1.165) is 6.54 Å². The van der Waals surface area contributed by atoms with Gasteiger partial charge in [0.2, 0.25) is 0 Å². The van der Waals surface area contributed by atoms with Gasteiger partial charge in [-0.3, -0.25) is 0 Å². The fraction of sp³-hybridized carbons (Fsp3) is 0.333. The molecule has 0 saturated carbocycles. The Morgan fingerprint density at radius 2 is 1.55 bits per heavy atom. The van der Waals surface area contributed by atoms with Crippen LogP contribution in [0, 0.1) is 6.92 Å². The summed E-state index contributed by atoms with van der Waals surface area (Å²) in [4.78, 5) is 2.12. The van der Waals surface area contributed by atoms with Crippen LogP contribution in [0.3, 0.4) is 0 Å². The first-order valence-corrected chi connectivity index (χ1v) is 7.12. The van der Waals surface area contributed by atoms with Crippen molar-refractivity contribution in [2.45, 2.75) is 26.4 Å². The van der Waals surface area contributed by atoms with Gasteiger partial charge in [-0.1, -0.05) is 42.0 Å². The molecule has 1 atom stereocenters. The van der Waals surface area contributed by atoms with Crippen LogP contribution in [-0.4, -0.2) is 14.1 Å². The van der Waals surface area contributed by atoms with Gasteiger partial charge in [0.25, 0.3) is 0 Å². The van der Waals surface area contributed by atoms with Crippen molar-refractivity contribution < 1.29 is 0 Å². The van der Waals surface area contributed by atoms with Crippen LogP contribution in [0.5, 0.6) is 0 Å². The number of nitrogens with zero attached hydrogens (tertiary/aromatic N) is 1. The van der Waals surface area contributed by atoms with Gasteiger partial charge in [-0.25, -0.2) is 0 Å². The molecule has 2 nitrogen and oxygen atoms in total. The molecule has 0 unspecified atom stereocenters. The van der Waals surface area contributed by atoms with Gasteiger partial charge in [0.15, 0.2) is 0 Å². The van der Waals surface area contributed by atoms with E-state index >= 15 is 0 Å². The molecular weight excluding hydrogens is 244 g/mol. The second kappa shape index (κ2) is 6.58. The Kier molecular flexibility index (Phi) is 4.80. The molecule has 2 aromatic carbocycles. The summed E-state index contributed by atoms with van der Waals surface area (Å²) >= 11 is 0. The van der Waals surface area contributed by atoms with Crippen LogP contribution in [0.4, 0.5) is 5.69 Å². The van der Waals surface area contributed by atoms with Crippen LogP contribution >= 0.6 is 0 Å². The fourth-order valence-corrected chi connectivity index (χ4v) is 2.16. The molecule has 0 radical (unpaired) electrons. The van der Waals surface area contributed by atoms with E-state index < -0.39 is 0 Å². The first kappa shape index (κ1) is 14.6. The summed E-state index contributed by atoms with van der Waals surface area (Å²) in [6.07, 6.45) is 0. The normalized spacial score (nSPS) is 12.2. The van der Waals surface area contributed by atoms with Crippen molar-refractivity contribution in [1.29, 1.82) is 0 Å². The van der Waals surface area contributed by atoms with Crippen molar-refractivity contribution in [3.63, 3.8) is 0 Å². The number of benzene rings is 2. The van der Waals surface area contributed by atoms with Crippen LogP contribution in [0.15, 0.2) is 48.5 Å². The largest absolute Gasteiger partial charge is 0.378 e. The molecule has 0 aromatic heterocycles. The van der Waals surface area contributed by atoms with Crippen LogP contribution in [0.1, 0.15) is 29.7 Å². The van der Waals surface area contributed by atoms with Crippen LogP contribution in [0.2, 0.25) is 0 Å². The quantitative estimate of drug-likeness (QED) is 0.884. The molecule has 0 heterocycles. The lowest BCUT2D eigenvalue weighted by molar-refractivity contribution is 0.574. The molecule has 0 aliphatic heterocycles. The Morgan fingerprint density at radius 1 is 0.950 bits per heavy atom. The van der Waals surface area contributed by atoms with E-state index in [1.807, 2.05) is 0 Å². The average molecular weight is 268 g/mol. The Hall–Kier alpha value is -1.80. The summed E-state index contributed by atoms with van der Waals surface area (Å²) in [5.74, 6) is 0. The van der Waals surface area contributed by atoms with E-state index in [9.17, 15) is 0 Å². The summed E-state index contributed by atoms with van der Waals surface area (Å²) in [6, 6.07) is 17.8. The molecule has 0 fully saturated rings. The number of hydrogen-bond donors (Lipinski definition) is 1. The molecule has 20 heavy (non-hydrogen) atoms. The number of nitrogens with one attached hydrogen (secondary N) is 1. The van der Waals surface area contributed by atoms with Gasteiger partial charge in [-0.15, -0.1) is 0 Å². The van der Waals surface area contributed by atoms with Gasteiger partial charge >= 0.3 is 0 Å². The number of aryl methyl sites for hydroxylation is 1. The third-order valence-corrected chi connectivity index (χ3v) is 3.64. The maximum absolute atomic E-state index is 3.57. The lowest BCUT2D eigenvalue weighted by Crippen LogP contribution is -2.18. The molecule has 106 valence electrons. The lowest BCUT2D eigenvalue weighted by Gasteiger charge is -2.16. The zero-order chi connectivity index (χ0) is 14.5. The highest BCUT2D eigenvalue weighted by Gasteiger charge is 2.04. The Bertz CT molecular complexity index is 526. The maximum Gasteiger partial charge on any atom is 0.0361 e. The Labute approximate surface area is 122 Å². The highest BCUT2D eigenvalue weighted by atomic mass is 15.1. The monoisotopic (exact) mass is 268 g/mol. The molecular formula is C18H24N2. The molecule has 2 aromatic rings. The fourth-order valence-electron chi connectivity index (χ4n) is 2.16. The van der Waals surface area contributed by atoms with Gasteiger partial charge in [-0.05, 0) is 37.1 Å². The van der Waals surface area contributed by atoms with Crippen molar-refractivity contribution in [1.82, 2.24) is 5.32 Å². The van der Waals surface area contributed by atoms with Crippen molar-refractivity contribution >= 4 is 5.69 Å². The Balaban J connectivity index is 1.92. The predicted molar refractivity (Wildman–Crippen MR) is 87.2 cm³/mol. The molecule has 0 aliphatic carbocycles. The highest BCUT2D eigenvalue weighted by molar-refractivity contribution is 5.46. The summed E-state index contributed by atoms with van der Waals surface area (Å²) in [5, 5.41) is 3.57. The summed E-state index contributed by atoms with van der Waals surface area (Å²) < 4.78 is 0. The first-order valence-electron chi connectivity index (χ1n) is 7.12. The van der Waals surface area contributed by atoms with Crippen LogP contribution in [0.25, 0.3) is 0 Å². The topological polar surface area (TPSA) is 15.3 Å². The molecule has 0 amide bonds. The lowest BCUT2D eigenvalue weighted by atomic mass is 10.1. The molecule has 2 heteroatoms. The smallest absolute Gasteiger partial charge is 0.0361 e. The molecule has 0 saturated heterocycles. The summed E-state index contributed by atoms with van der Waals surface area (Å²) in [5.41, 5.74) is 5.19. The van der Waals surface area contributed by atoms with Crippen molar-refractivity contribution in [3.05, 3.63) is 65.2 Å². The summed E-state index contributed by atoms with van der Waals surface area (Å²) in [7, 11) is 4.12. The summed E-state index contributed by atoms with van der Waals surface area (Å²) in [6.45, 7) is 5.22. The van der Waals surface area contributed by atoms with Gasteiger partial charge in [0.1, 0.15) is 0 Å². The first-order chi connectivity index (χ1) is 9.56. The maximum atomic E-state index is 3.57. The zero-order valence-electron chi connectivity index (χ0n) is 12.9. The van der Waals surface area contributed by atoms with Gasteiger partial charge in [-0.2, -0.15) is 0 Å². The number of anilines is 1. The minimum atomic E-state index is 0.365. The number of hydrogen-bond acceptors (Lipinski definition) is 2. The molecule has 1 N–H and O–H groups in total. The van der Waals surface area contributed by atoms with Crippen molar-refractivity contribution in [3.8, 4) is 0 Å². The van der Waals surface area contributed by atoms with Gasteiger partial charge in [0, 0.05) is 32.4 Å².